The summed E-state index contributed by atoms with van der Waals surface area (Å²) in [5.41, 5.74) is 0.236. The number of benzene rings is 1. The summed E-state index contributed by atoms with van der Waals surface area (Å²) in [4.78, 5) is 0.381. The predicted octanol–water partition coefficient (Wildman–Crippen LogP) is 2.02. The van der Waals surface area contributed by atoms with Gasteiger partial charge in [-0.3, -0.25) is 0 Å². The molecule has 0 saturated heterocycles. The highest BCUT2D eigenvalue weighted by atomic mass is 32.2. The average Bonchev–Trinajstić information content (AvgIpc) is 2.47. The first-order chi connectivity index (χ1) is 7.42. The molecule has 0 bridgehead atoms. The first-order valence-corrected chi connectivity index (χ1v) is 6.66. The van der Waals surface area contributed by atoms with E-state index in [0.717, 1.165) is 5.56 Å². The molecule has 0 radical (unpaired) electrons. The van der Waals surface area contributed by atoms with Gasteiger partial charge < -0.3 is 0 Å². The Morgan fingerprint density at radius 3 is 2.69 bits per heavy atom. The molecule has 1 aliphatic heterocycles. The van der Waals surface area contributed by atoms with Crippen LogP contribution in [0.3, 0.4) is 0 Å². The van der Waals surface area contributed by atoms with Crippen LogP contribution >= 0.6 is 0 Å². The summed E-state index contributed by atoms with van der Waals surface area (Å²) >= 11 is 0. The summed E-state index contributed by atoms with van der Waals surface area (Å²) in [7, 11) is -3.37. The monoisotopic (exact) mass is 237 g/mol. The van der Waals surface area contributed by atoms with Crippen LogP contribution in [-0.2, 0) is 15.6 Å². The van der Waals surface area contributed by atoms with Gasteiger partial charge in [-0.2, -0.15) is 0 Å². The number of rotatable bonds is 2. The third-order valence-electron chi connectivity index (χ3n) is 3.35. The lowest BCUT2D eigenvalue weighted by atomic mass is 9.82. The topological polar surface area (TPSA) is 46.2 Å². The summed E-state index contributed by atoms with van der Waals surface area (Å²) < 4.78 is 26.6. The summed E-state index contributed by atoms with van der Waals surface area (Å²) in [6, 6.07) is 7.09. The third-order valence-corrected chi connectivity index (χ3v) is 4.97. The fourth-order valence-corrected chi connectivity index (χ4v) is 3.88. The van der Waals surface area contributed by atoms with Crippen molar-refractivity contribution in [2.75, 3.05) is 0 Å². The van der Waals surface area contributed by atoms with E-state index in [2.05, 4.69) is 11.3 Å². The first-order valence-electron chi connectivity index (χ1n) is 5.18. The Morgan fingerprint density at radius 1 is 1.44 bits per heavy atom. The van der Waals surface area contributed by atoms with Crippen molar-refractivity contribution in [1.82, 2.24) is 4.72 Å². The standard InChI is InChI=1S/C12H15NO2S/c1-4-9(2)12(3)10-7-5-6-8-11(10)16(14,15)13-12/h4-9,13H,1H2,2-3H3/t9-,12-/m0/s1. The molecule has 0 saturated carbocycles. The maximum Gasteiger partial charge on any atom is 0.241 e. The van der Waals surface area contributed by atoms with E-state index in [0.29, 0.717) is 4.90 Å². The summed E-state index contributed by atoms with van der Waals surface area (Å²) in [6.45, 7) is 7.58. The SMILES string of the molecule is C=C[C@H](C)[C@]1(C)NS(=O)(=O)c2ccccc21. The number of sulfonamides is 1. The van der Waals surface area contributed by atoms with Gasteiger partial charge in [-0.05, 0) is 24.5 Å². The molecule has 0 aliphatic carbocycles. The predicted molar refractivity (Wildman–Crippen MR) is 63.5 cm³/mol. The van der Waals surface area contributed by atoms with Gasteiger partial charge in [0.1, 0.15) is 0 Å². The van der Waals surface area contributed by atoms with Crippen LogP contribution in [-0.4, -0.2) is 8.42 Å². The van der Waals surface area contributed by atoms with Gasteiger partial charge in [-0.15, -0.1) is 6.58 Å². The van der Waals surface area contributed by atoms with Crippen molar-refractivity contribution in [1.29, 1.82) is 0 Å². The molecule has 1 aromatic carbocycles. The van der Waals surface area contributed by atoms with Crippen LogP contribution in [0.1, 0.15) is 19.4 Å². The molecular formula is C12H15NO2S. The van der Waals surface area contributed by atoms with E-state index >= 15 is 0 Å². The van der Waals surface area contributed by atoms with E-state index in [1.54, 1.807) is 18.2 Å². The fraction of sp³-hybridized carbons (Fsp3) is 0.333. The minimum atomic E-state index is -3.37. The van der Waals surface area contributed by atoms with Crippen molar-refractivity contribution >= 4 is 10.0 Å². The quantitative estimate of drug-likeness (QED) is 0.800. The summed E-state index contributed by atoms with van der Waals surface area (Å²) in [6.07, 6.45) is 1.77. The highest BCUT2D eigenvalue weighted by Crippen LogP contribution is 2.40. The van der Waals surface area contributed by atoms with E-state index in [1.165, 1.54) is 0 Å². The van der Waals surface area contributed by atoms with Crippen LogP contribution < -0.4 is 4.72 Å². The maximum absolute atomic E-state index is 11.9. The number of hydrogen-bond donors (Lipinski definition) is 1. The lowest BCUT2D eigenvalue weighted by Gasteiger charge is -2.29. The Kier molecular flexibility index (Phi) is 2.44. The second kappa shape index (κ2) is 3.43. The van der Waals surface area contributed by atoms with Gasteiger partial charge in [-0.1, -0.05) is 31.2 Å². The second-order valence-electron chi connectivity index (χ2n) is 4.33. The molecule has 86 valence electrons. The Balaban J connectivity index is 2.69. The van der Waals surface area contributed by atoms with Crippen molar-refractivity contribution in [3.8, 4) is 0 Å². The molecule has 1 heterocycles. The summed E-state index contributed by atoms with van der Waals surface area (Å²) in [5.74, 6) is 0.0333. The molecule has 1 aliphatic rings. The maximum atomic E-state index is 11.9. The van der Waals surface area contributed by atoms with Crippen LogP contribution in [0.5, 0.6) is 0 Å². The van der Waals surface area contributed by atoms with Crippen LogP contribution in [0, 0.1) is 5.92 Å². The molecule has 0 unspecified atom stereocenters. The highest BCUT2D eigenvalue weighted by Gasteiger charge is 2.45. The van der Waals surface area contributed by atoms with Gasteiger partial charge in [0.05, 0.1) is 10.4 Å². The van der Waals surface area contributed by atoms with Crippen molar-refractivity contribution < 1.29 is 8.42 Å². The van der Waals surface area contributed by atoms with Gasteiger partial charge in [-0.25, -0.2) is 13.1 Å². The van der Waals surface area contributed by atoms with E-state index in [1.807, 2.05) is 26.0 Å². The molecule has 1 N–H and O–H groups in total. The lowest BCUT2D eigenvalue weighted by molar-refractivity contribution is 0.354. The van der Waals surface area contributed by atoms with E-state index < -0.39 is 15.6 Å². The number of hydrogen-bond acceptors (Lipinski definition) is 2. The molecule has 3 nitrogen and oxygen atoms in total. The second-order valence-corrected chi connectivity index (χ2v) is 5.98. The zero-order chi connectivity index (χ0) is 12.0. The molecule has 0 aromatic heterocycles. The lowest BCUT2D eigenvalue weighted by Crippen LogP contribution is -2.41. The van der Waals surface area contributed by atoms with Gasteiger partial charge in [0, 0.05) is 0 Å². The molecular weight excluding hydrogens is 222 g/mol. The van der Waals surface area contributed by atoms with Gasteiger partial charge in [0.2, 0.25) is 10.0 Å². The fourth-order valence-electron chi connectivity index (χ4n) is 2.09. The zero-order valence-corrected chi connectivity index (χ0v) is 10.2. The van der Waals surface area contributed by atoms with Gasteiger partial charge in [0.25, 0.3) is 0 Å². The van der Waals surface area contributed by atoms with E-state index in [4.69, 9.17) is 0 Å². The Hall–Kier alpha value is -1.13. The van der Waals surface area contributed by atoms with Gasteiger partial charge in [0.15, 0.2) is 0 Å². The van der Waals surface area contributed by atoms with Crippen LogP contribution in [0.4, 0.5) is 0 Å². The van der Waals surface area contributed by atoms with Crippen LogP contribution in [0.2, 0.25) is 0 Å². The van der Waals surface area contributed by atoms with E-state index in [-0.39, 0.29) is 5.92 Å². The minimum absolute atomic E-state index is 0.0333. The Morgan fingerprint density at radius 2 is 2.06 bits per heavy atom. The van der Waals surface area contributed by atoms with Crippen molar-refractivity contribution in [2.45, 2.75) is 24.3 Å². The number of nitrogens with one attached hydrogen (secondary N) is 1. The molecule has 4 heteroatoms. The average molecular weight is 237 g/mol. The minimum Gasteiger partial charge on any atom is -0.207 e. The number of fused-ring (bicyclic) bond motifs is 1. The highest BCUT2D eigenvalue weighted by molar-refractivity contribution is 7.89. The molecule has 0 fully saturated rings. The smallest absolute Gasteiger partial charge is 0.207 e. The van der Waals surface area contributed by atoms with Gasteiger partial charge >= 0.3 is 0 Å². The Bertz CT molecular complexity index is 536. The third kappa shape index (κ3) is 1.41. The molecule has 0 amide bonds. The molecule has 2 atom stereocenters. The molecule has 0 spiro atoms. The van der Waals surface area contributed by atoms with Crippen molar-refractivity contribution in [3.63, 3.8) is 0 Å². The zero-order valence-electron chi connectivity index (χ0n) is 9.40. The largest absolute Gasteiger partial charge is 0.241 e. The Labute approximate surface area is 96.2 Å². The molecule has 1 aromatic rings. The van der Waals surface area contributed by atoms with Crippen LogP contribution in [0.25, 0.3) is 0 Å². The van der Waals surface area contributed by atoms with Crippen LogP contribution in [0.15, 0.2) is 41.8 Å². The van der Waals surface area contributed by atoms with E-state index in [9.17, 15) is 8.42 Å². The van der Waals surface area contributed by atoms with Crippen molar-refractivity contribution in [3.05, 3.63) is 42.5 Å². The normalized spacial score (nSPS) is 28.4. The molecule has 16 heavy (non-hydrogen) atoms. The van der Waals surface area contributed by atoms with Crippen molar-refractivity contribution in [2.24, 2.45) is 5.92 Å². The first kappa shape index (κ1) is 11.4. The molecule has 2 rings (SSSR count). The summed E-state index contributed by atoms with van der Waals surface area (Å²) in [5, 5.41) is 0.